The molecule has 1 rings (SSSR count). The summed E-state index contributed by atoms with van der Waals surface area (Å²) in [7, 11) is 3.37. The molecular weight excluding hydrogens is 242 g/mol. The largest absolute Gasteiger partial charge is 0.481 e. The molecule has 0 bridgehead atoms. The van der Waals surface area contributed by atoms with Crippen molar-refractivity contribution in [2.45, 2.75) is 52.4 Å². The molecule has 0 spiro atoms. The van der Waals surface area contributed by atoms with Crippen LogP contribution in [0.2, 0.25) is 0 Å². The molecule has 0 unspecified atom stereocenters. The molecule has 0 radical (unpaired) electrons. The Bertz CT molecular complexity index is 330. The minimum Gasteiger partial charge on any atom is -0.481 e. The number of carbonyl (C=O) groups excluding carboxylic acids is 1. The van der Waals surface area contributed by atoms with Gasteiger partial charge in [0.05, 0.1) is 5.92 Å². The molecule has 1 N–H and O–H groups in total. The van der Waals surface area contributed by atoms with Crippen LogP contribution in [0, 0.1) is 17.3 Å². The molecule has 1 fully saturated rings. The minimum atomic E-state index is -0.814. The van der Waals surface area contributed by atoms with Crippen LogP contribution >= 0.6 is 0 Å². The van der Waals surface area contributed by atoms with E-state index in [1.165, 1.54) is 11.3 Å². The van der Waals surface area contributed by atoms with E-state index in [0.29, 0.717) is 5.92 Å². The van der Waals surface area contributed by atoms with Crippen molar-refractivity contribution in [3.63, 3.8) is 0 Å². The molecule has 1 aliphatic rings. The number of aliphatic carboxylic acids is 1. The molecule has 0 aromatic rings. The summed E-state index contributed by atoms with van der Waals surface area (Å²) in [6.07, 6.45) is 5.34. The summed E-state index contributed by atoms with van der Waals surface area (Å²) >= 11 is 0. The smallest absolute Gasteiger partial charge is 0.307 e. The quantitative estimate of drug-likeness (QED) is 0.835. The highest BCUT2D eigenvalue weighted by molar-refractivity contribution is 5.82. The van der Waals surface area contributed by atoms with Gasteiger partial charge >= 0.3 is 5.97 Å². The summed E-state index contributed by atoms with van der Waals surface area (Å²) in [5.74, 6) is -1.16. The van der Waals surface area contributed by atoms with E-state index in [1.54, 1.807) is 14.1 Å². The fourth-order valence-electron chi connectivity index (χ4n) is 3.43. The minimum absolute atomic E-state index is 0.0852. The van der Waals surface area contributed by atoms with Crippen molar-refractivity contribution in [1.82, 2.24) is 4.90 Å². The third-order valence-electron chi connectivity index (χ3n) is 4.80. The Morgan fingerprint density at radius 1 is 1.16 bits per heavy atom. The molecule has 4 heteroatoms. The van der Waals surface area contributed by atoms with Crippen molar-refractivity contribution in [3.8, 4) is 0 Å². The SMILES string of the molecule is CC(C)C1([C@H](CC(=O)N(C)C)C(=O)O)CCCCC1. The highest BCUT2D eigenvalue weighted by Gasteiger charge is 2.46. The number of nitrogens with zero attached hydrogens (tertiary/aromatic N) is 1. The predicted molar refractivity (Wildman–Crippen MR) is 74.8 cm³/mol. The summed E-state index contributed by atoms with van der Waals surface area (Å²) in [6.45, 7) is 4.20. The molecule has 110 valence electrons. The van der Waals surface area contributed by atoms with E-state index in [2.05, 4.69) is 13.8 Å². The molecule has 0 aromatic heterocycles. The van der Waals surface area contributed by atoms with E-state index in [9.17, 15) is 14.7 Å². The number of hydrogen-bond donors (Lipinski definition) is 1. The van der Waals surface area contributed by atoms with Gasteiger partial charge in [0.25, 0.3) is 0 Å². The van der Waals surface area contributed by atoms with Crippen LogP contribution in [-0.2, 0) is 9.59 Å². The molecule has 0 heterocycles. The molecule has 0 saturated heterocycles. The van der Waals surface area contributed by atoms with Crippen LogP contribution in [0.15, 0.2) is 0 Å². The van der Waals surface area contributed by atoms with Crippen LogP contribution in [-0.4, -0.2) is 36.0 Å². The van der Waals surface area contributed by atoms with Gasteiger partial charge in [-0.05, 0) is 24.2 Å². The molecule has 0 aromatic carbocycles. The third kappa shape index (κ3) is 3.48. The summed E-state index contributed by atoms with van der Waals surface area (Å²) in [6, 6.07) is 0. The van der Waals surface area contributed by atoms with Crippen LogP contribution in [0.4, 0.5) is 0 Å². The van der Waals surface area contributed by atoms with Gasteiger partial charge in [-0.1, -0.05) is 33.1 Å². The fourth-order valence-corrected chi connectivity index (χ4v) is 3.43. The maximum atomic E-state index is 11.9. The number of carbonyl (C=O) groups is 2. The van der Waals surface area contributed by atoms with Crippen molar-refractivity contribution >= 4 is 11.9 Å². The number of carboxylic acid groups (broad SMARTS) is 1. The maximum Gasteiger partial charge on any atom is 0.307 e. The lowest BCUT2D eigenvalue weighted by Crippen LogP contribution is -2.44. The van der Waals surface area contributed by atoms with Crippen molar-refractivity contribution in [3.05, 3.63) is 0 Å². The summed E-state index contributed by atoms with van der Waals surface area (Å²) in [4.78, 5) is 25.1. The van der Waals surface area contributed by atoms with Crippen LogP contribution in [0.1, 0.15) is 52.4 Å². The molecule has 1 atom stereocenters. The highest BCUT2D eigenvalue weighted by Crippen LogP contribution is 2.49. The van der Waals surface area contributed by atoms with E-state index in [0.717, 1.165) is 25.7 Å². The monoisotopic (exact) mass is 269 g/mol. The maximum absolute atomic E-state index is 11.9. The second-order valence-electron chi connectivity index (χ2n) is 6.33. The van der Waals surface area contributed by atoms with Crippen molar-refractivity contribution < 1.29 is 14.7 Å². The first-order valence-corrected chi connectivity index (χ1v) is 7.24. The van der Waals surface area contributed by atoms with Gasteiger partial charge in [-0.2, -0.15) is 0 Å². The Kier molecular flexibility index (Phi) is 5.39. The van der Waals surface area contributed by atoms with Crippen LogP contribution in [0.3, 0.4) is 0 Å². The van der Waals surface area contributed by atoms with Gasteiger partial charge in [-0.3, -0.25) is 9.59 Å². The number of hydrogen-bond acceptors (Lipinski definition) is 2. The highest BCUT2D eigenvalue weighted by atomic mass is 16.4. The number of rotatable bonds is 5. The first-order chi connectivity index (χ1) is 8.81. The van der Waals surface area contributed by atoms with Gasteiger partial charge in [-0.25, -0.2) is 0 Å². The van der Waals surface area contributed by atoms with Crippen molar-refractivity contribution in [1.29, 1.82) is 0 Å². The zero-order valence-corrected chi connectivity index (χ0v) is 12.6. The van der Waals surface area contributed by atoms with E-state index < -0.39 is 11.9 Å². The molecule has 4 nitrogen and oxygen atoms in total. The summed E-state index contributed by atoms with van der Waals surface area (Å²) in [5.41, 5.74) is -0.213. The summed E-state index contributed by atoms with van der Waals surface area (Å²) in [5, 5.41) is 9.60. The van der Waals surface area contributed by atoms with Crippen LogP contribution in [0.5, 0.6) is 0 Å². The Morgan fingerprint density at radius 2 is 1.68 bits per heavy atom. The van der Waals surface area contributed by atoms with Gasteiger partial charge < -0.3 is 10.0 Å². The Balaban J connectivity index is 2.99. The van der Waals surface area contributed by atoms with Gasteiger partial charge in [0.2, 0.25) is 5.91 Å². The summed E-state index contributed by atoms with van der Waals surface area (Å²) < 4.78 is 0. The van der Waals surface area contributed by atoms with E-state index in [-0.39, 0.29) is 17.7 Å². The number of carboxylic acids is 1. The van der Waals surface area contributed by atoms with Gasteiger partial charge in [0.15, 0.2) is 0 Å². The normalized spacial score (nSPS) is 20.1. The average molecular weight is 269 g/mol. The van der Waals surface area contributed by atoms with Crippen LogP contribution in [0.25, 0.3) is 0 Å². The second kappa shape index (κ2) is 6.40. The Labute approximate surface area is 116 Å². The zero-order valence-electron chi connectivity index (χ0n) is 12.6. The van der Waals surface area contributed by atoms with E-state index in [1.807, 2.05) is 0 Å². The second-order valence-corrected chi connectivity index (χ2v) is 6.33. The van der Waals surface area contributed by atoms with Crippen molar-refractivity contribution in [2.75, 3.05) is 14.1 Å². The van der Waals surface area contributed by atoms with Gasteiger partial charge in [0, 0.05) is 20.5 Å². The van der Waals surface area contributed by atoms with Gasteiger partial charge in [0.1, 0.15) is 0 Å². The van der Waals surface area contributed by atoms with E-state index >= 15 is 0 Å². The van der Waals surface area contributed by atoms with Crippen molar-refractivity contribution in [2.24, 2.45) is 17.3 Å². The zero-order chi connectivity index (χ0) is 14.6. The first-order valence-electron chi connectivity index (χ1n) is 7.24. The molecule has 0 aliphatic heterocycles. The molecule has 1 aliphatic carbocycles. The Morgan fingerprint density at radius 3 is 2.05 bits per heavy atom. The lowest BCUT2D eigenvalue weighted by atomic mass is 9.59. The van der Waals surface area contributed by atoms with Crippen LogP contribution < -0.4 is 0 Å². The Hall–Kier alpha value is -1.06. The van der Waals surface area contributed by atoms with Gasteiger partial charge in [-0.15, -0.1) is 0 Å². The number of amides is 1. The molecule has 1 amide bonds. The average Bonchev–Trinajstić information content (AvgIpc) is 2.35. The molecule has 19 heavy (non-hydrogen) atoms. The lowest BCUT2D eigenvalue weighted by molar-refractivity contribution is -0.154. The molecule has 1 saturated carbocycles. The predicted octanol–water partition coefficient (Wildman–Crippen LogP) is 2.77. The fraction of sp³-hybridized carbons (Fsp3) is 0.867. The molecular formula is C15H27NO3. The standard InChI is InChI=1S/C15H27NO3/c1-11(2)15(8-6-5-7-9-15)12(14(18)19)10-13(17)16(3)4/h11-12H,5-10H2,1-4H3,(H,18,19)/t12-/m1/s1. The third-order valence-corrected chi connectivity index (χ3v) is 4.80. The van der Waals surface area contributed by atoms with E-state index in [4.69, 9.17) is 0 Å². The topological polar surface area (TPSA) is 57.6 Å². The lowest BCUT2D eigenvalue weighted by Gasteiger charge is -2.45. The first kappa shape index (κ1) is 16.0.